The Bertz CT molecular complexity index is 924. The molecule has 2 aromatic rings. The molecule has 0 heterocycles. The van der Waals surface area contributed by atoms with Crippen LogP contribution in [0.1, 0.15) is 5.56 Å². The van der Waals surface area contributed by atoms with Crippen LogP contribution in [0.3, 0.4) is 0 Å². The van der Waals surface area contributed by atoms with Gasteiger partial charge in [-0.05, 0) is 17.7 Å². The molecular formula is C18H19Cl3N2O4S. The van der Waals surface area contributed by atoms with Crippen LogP contribution in [-0.4, -0.2) is 40.3 Å². The molecule has 0 aliphatic carbocycles. The molecule has 10 heteroatoms. The molecule has 6 nitrogen and oxygen atoms in total. The van der Waals surface area contributed by atoms with Gasteiger partial charge in [0.25, 0.3) is 0 Å². The van der Waals surface area contributed by atoms with E-state index in [0.717, 1.165) is 16.1 Å². The maximum absolute atomic E-state index is 12.2. The Kier molecular flexibility index (Phi) is 8.39. The zero-order valence-corrected chi connectivity index (χ0v) is 18.1. The number of hydrogen-bond donors (Lipinski definition) is 1. The lowest BCUT2D eigenvalue weighted by Gasteiger charge is -2.23. The van der Waals surface area contributed by atoms with Gasteiger partial charge >= 0.3 is 0 Å². The van der Waals surface area contributed by atoms with Crippen molar-refractivity contribution >= 4 is 56.4 Å². The number of hydrogen-bond acceptors (Lipinski definition) is 4. The highest BCUT2D eigenvalue weighted by Crippen LogP contribution is 2.35. The summed E-state index contributed by atoms with van der Waals surface area (Å²) in [5, 5.41) is 3.00. The summed E-state index contributed by atoms with van der Waals surface area (Å²) in [6, 6.07) is 12.2. The summed E-state index contributed by atoms with van der Waals surface area (Å²) in [6.07, 6.45) is 0.974. The summed E-state index contributed by atoms with van der Waals surface area (Å²) in [5.74, 6) is -0.504. The van der Waals surface area contributed by atoms with E-state index in [1.807, 2.05) is 30.3 Å². The Morgan fingerprint density at radius 1 is 1.07 bits per heavy atom. The average molecular weight is 466 g/mol. The van der Waals surface area contributed by atoms with E-state index in [9.17, 15) is 13.2 Å². The molecule has 0 saturated heterocycles. The van der Waals surface area contributed by atoms with E-state index in [-0.39, 0.29) is 33.9 Å². The standard InChI is InChI=1S/C18H19Cl3N2O4S/c1-28(25,26)23(17-10-15(20)14(19)9-16(17)21)11-18(24)22-7-8-27-12-13-5-3-2-4-6-13/h2-6,9-10H,7-8,11-12H2,1H3,(H,22,24). The molecular weight excluding hydrogens is 447 g/mol. The molecule has 0 spiro atoms. The molecule has 0 unspecified atom stereocenters. The molecule has 1 amide bonds. The number of benzene rings is 2. The molecule has 152 valence electrons. The molecule has 0 radical (unpaired) electrons. The van der Waals surface area contributed by atoms with Crippen LogP contribution >= 0.6 is 34.8 Å². The van der Waals surface area contributed by atoms with Crippen molar-refractivity contribution in [1.29, 1.82) is 0 Å². The van der Waals surface area contributed by atoms with Crippen molar-refractivity contribution in [3.05, 3.63) is 63.1 Å². The number of halogens is 3. The van der Waals surface area contributed by atoms with Crippen LogP contribution in [0.2, 0.25) is 15.1 Å². The van der Waals surface area contributed by atoms with Gasteiger partial charge in [0.2, 0.25) is 15.9 Å². The van der Waals surface area contributed by atoms with E-state index in [4.69, 9.17) is 39.5 Å². The molecule has 0 aliphatic rings. The zero-order chi connectivity index (χ0) is 20.7. The van der Waals surface area contributed by atoms with E-state index >= 15 is 0 Å². The molecule has 2 rings (SSSR count). The quantitative estimate of drug-likeness (QED) is 0.452. The third-order valence-electron chi connectivity index (χ3n) is 3.63. The molecule has 0 saturated carbocycles. The second kappa shape index (κ2) is 10.3. The largest absolute Gasteiger partial charge is 0.375 e. The fourth-order valence-corrected chi connectivity index (χ4v) is 3.85. The van der Waals surface area contributed by atoms with E-state index < -0.39 is 22.5 Å². The van der Waals surface area contributed by atoms with Gasteiger partial charge < -0.3 is 10.1 Å². The van der Waals surface area contributed by atoms with Crippen molar-refractivity contribution in [2.24, 2.45) is 0 Å². The average Bonchev–Trinajstić information content (AvgIpc) is 2.63. The van der Waals surface area contributed by atoms with Crippen molar-refractivity contribution < 1.29 is 17.9 Å². The number of anilines is 1. The fourth-order valence-electron chi connectivity index (χ4n) is 2.30. The third-order valence-corrected chi connectivity index (χ3v) is 5.78. The van der Waals surface area contributed by atoms with Gasteiger partial charge in [0.1, 0.15) is 6.54 Å². The molecule has 0 fully saturated rings. The van der Waals surface area contributed by atoms with Gasteiger partial charge in [0, 0.05) is 6.54 Å². The Balaban J connectivity index is 1.92. The topological polar surface area (TPSA) is 75.7 Å². The number of rotatable bonds is 9. The van der Waals surface area contributed by atoms with Crippen LogP contribution in [-0.2, 0) is 26.2 Å². The summed E-state index contributed by atoms with van der Waals surface area (Å²) in [5.41, 5.74) is 1.10. The highest BCUT2D eigenvalue weighted by molar-refractivity contribution is 7.92. The monoisotopic (exact) mass is 464 g/mol. The van der Waals surface area contributed by atoms with Crippen LogP contribution in [0.25, 0.3) is 0 Å². The molecule has 2 aromatic carbocycles. The van der Waals surface area contributed by atoms with Crippen LogP contribution in [0, 0.1) is 0 Å². The SMILES string of the molecule is CS(=O)(=O)N(CC(=O)NCCOCc1ccccc1)c1cc(Cl)c(Cl)cc1Cl. The minimum absolute atomic E-state index is 0.0684. The first kappa shape index (κ1) is 22.8. The zero-order valence-electron chi connectivity index (χ0n) is 15.0. The Morgan fingerprint density at radius 3 is 2.36 bits per heavy atom. The summed E-state index contributed by atoms with van der Waals surface area (Å²) >= 11 is 17.9. The van der Waals surface area contributed by atoms with Gasteiger partial charge in [0.15, 0.2) is 0 Å². The molecule has 1 N–H and O–H groups in total. The second-order valence-corrected chi connectivity index (χ2v) is 9.00. The normalized spacial score (nSPS) is 11.3. The Hall–Kier alpha value is -1.51. The minimum atomic E-state index is -3.78. The van der Waals surface area contributed by atoms with Gasteiger partial charge in [-0.3, -0.25) is 9.10 Å². The first-order valence-electron chi connectivity index (χ1n) is 8.19. The lowest BCUT2D eigenvalue weighted by molar-refractivity contribution is -0.119. The molecule has 0 aromatic heterocycles. The predicted molar refractivity (Wildman–Crippen MR) is 113 cm³/mol. The van der Waals surface area contributed by atoms with E-state index in [1.165, 1.54) is 12.1 Å². The first-order valence-corrected chi connectivity index (χ1v) is 11.2. The number of ether oxygens (including phenoxy) is 1. The van der Waals surface area contributed by atoms with E-state index in [1.54, 1.807) is 0 Å². The smallest absolute Gasteiger partial charge is 0.240 e. The van der Waals surface area contributed by atoms with Crippen molar-refractivity contribution in [3.8, 4) is 0 Å². The number of carbonyl (C=O) groups excluding carboxylic acids is 1. The second-order valence-electron chi connectivity index (χ2n) is 5.88. The van der Waals surface area contributed by atoms with Gasteiger partial charge in [-0.1, -0.05) is 65.1 Å². The maximum atomic E-state index is 12.2. The summed E-state index contributed by atoms with van der Waals surface area (Å²) < 4.78 is 30.6. The van der Waals surface area contributed by atoms with Gasteiger partial charge in [0.05, 0.1) is 40.2 Å². The summed E-state index contributed by atoms with van der Waals surface area (Å²) in [4.78, 5) is 12.2. The lowest BCUT2D eigenvalue weighted by atomic mass is 10.2. The Morgan fingerprint density at radius 2 is 1.71 bits per heavy atom. The number of carbonyl (C=O) groups is 1. The predicted octanol–water partition coefficient (Wildman–Crippen LogP) is 3.75. The third kappa shape index (κ3) is 6.83. The van der Waals surface area contributed by atoms with Crippen molar-refractivity contribution in [2.45, 2.75) is 6.61 Å². The molecule has 0 bridgehead atoms. The molecule has 28 heavy (non-hydrogen) atoms. The van der Waals surface area contributed by atoms with Crippen molar-refractivity contribution in [1.82, 2.24) is 5.32 Å². The number of sulfonamides is 1. The number of nitrogens with one attached hydrogen (secondary N) is 1. The maximum Gasteiger partial charge on any atom is 0.240 e. The number of nitrogens with zero attached hydrogens (tertiary/aromatic N) is 1. The molecule has 0 atom stereocenters. The van der Waals surface area contributed by atoms with Gasteiger partial charge in [-0.15, -0.1) is 0 Å². The first-order chi connectivity index (χ1) is 13.2. The summed E-state index contributed by atoms with van der Waals surface area (Å²) in [7, 11) is -3.78. The van der Waals surface area contributed by atoms with Crippen LogP contribution in [0.15, 0.2) is 42.5 Å². The van der Waals surface area contributed by atoms with E-state index in [2.05, 4.69) is 5.32 Å². The van der Waals surface area contributed by atoms with Crippen LogP contribution < -0.4 is 9.62 Å². The summed E-state index contributed by atoms with van der Waals surface area (Å²) in [6.45, 7) is 0.492. The Labute approximate surface area is 179 Å². The lowest BCUT2D eigenvalue weighted by Crippen LogP contribution is -2.41. The fraction of sp³-hybridized carbons (Fsp3) is 0.278. The van der Waals surface area contributed by atoms with Gasteiger partial charge in [-0.2, -0.15) is 0 Å². The minimum Gasteiger partial charge on any atom is -0.375 e. The highest BCUT2D eigenvalue weighted by Gasteiger charge is 2.24. The highest BCUT2D eigenvalue weighted by atomic mass is 35.5. The van der Waals surface area contributed by atoms with Crippen LogP contribution in [0.4, 0.5) is 5.69 Å². The van der Waals surface area contributed by atoms with Crippen LogP contribution in [0.5, 0.6) is 0 Å². The van der Waals surface area contributed by atoms with Gasteiger partial charge in [-0.25, -0.2) is 8.42 Å². The number of amides is 1. The van der Waals surface area contributed by atoms with E-state index in [0.29, 0.717) is 6.61 Å². The van der Waals surface area contributed by atoms with Crippen molar-refractivity contribution in [3.63, 3.8) is 0 Å². The van der Waals surface area contributed by atoms with Crippen molar-refractivity contribution in [2.75, 3.05) is 30.3 Å². The molecule has 0 aliphatic heterocycles.